The molecule has 30 heavy (non-hydrogen) atoms. The third kappa shape index (κ3) is 5.40. The molecule has 1 heterocycles. The van der Waals surface area contributed by atoms with Crippen LogP contribution >= 0.6 is 0 Å². The van der Waals surface area contributed by atoms with E-state index in [4.69, 9.17) is 0 Å². The van der Waals surface area contributed by atoms with Crippen LogP contribution < -0.4 is 20.8 Å². The summed E-state index contributed by atoms with van der Waals surface area (Å²) in [6.45, 7) is -2.87. The molecule has 0 bridgehead atoms. The highest BCUT2D eigenvalue weighted by Crippen LogP contribution is 2.15. The molecule has 0 aliphatic heterocycles. The summed E-state index contributed by atoms with van der Waals surface area (Å²) >= 11 is 0. The summed E-state index contributed by atoms with van der Waals surface area (Å²) in [7, 11) is 0. The number of H-pyrrole nitrogens is 1. The number of halogens is 2. The SMILES string of the molecule is O=C(CNC(=O)c1c[nH]c2ccccc2c1=O)NCCc1ccc(OC(F)F)cc1. The fourth-order valence-electron chi connectivity index (χ4n) is 2.84. The Balaban J connectivity index is 1.46. The summed E-state index contributed by atoms with van der Waals surface area (Å²) < 4.78 is 28.5. The predicted octanol–water partition coefficient (Wildman–Crippen LogP) is 2.22. The molecular formula is C21H19F2N3O4. The Labute approximate surface area is 170 Å². The number of ether oxygens (including phenoxy) is 1. The van der Waals surface area contributed by atoms with E-state index in [0.29, 0.717) is 23.9 Å². The van der Waals surface area contributed by atoms with Crippen molar-refractivity contribution in [1.82, 2.24) is 15.6 Å². The Bertz CT molecular complexity index is 1100. The number of pyridine rings is 1. The second-order valence-corrected chi connectivity index (χ2v) is 6.38. The molecular weight excluding hydrogens is 396 g/mol. The van der Waals surface area contributed by atoms with Crippen molar-refractivity contribution in [2.75, 3.05) is 13.1 Å². The lowest BCUT2D eigenvalue weighted by atomic mass is 10.1. The maximum atomic E-state index is 12.4. The number of benzene rings is 2. The van der Waals surface area contributed by atoms with E-state index in [-0.39, 0.29) is 17.9 Å². The van der Waals surface area contributed by atoms with Crippen molar-refractivity contribution in [3.8, 4) is 5.75 Å². The molecule has 0 unspecified atom stereocenters. The van der Waals surface area contributed by atoms with Gasteiger partial charge in [0, 0.05) is 23.6 Å². The number of hydrogen-bond acceptors (Lipinski definition) is 4. The first-order valence-electron chi connectivity index (χ1n) is 9.13. The topological polar surface area (TPSA) is 100 Å². The van der Waals surface area contributed by atoms with Crippen molar-refractivity contribution in [3.05, 3.63) is 76.1 Å². The van der Waals surface area contributed by atoms with Crippen molar-refractivity contribution in [2.45, 2.75) is 13.0 Å². The third-order valence-corrected chi connectivity index (χ3v) is 4.33. The van der Waals surface area contributed by atoms with E-state index in [2.05, 4.69) is 20.4 Å². The largest absolute Gasteiger partial charge is 0.435 e. The minimum absolute atomic E-state index is 0.0594. The standard InChI is InChI=1S/C21H19F2N3O4/c22-21(23)30-14-7-5-13(6-8-14)9-10-24-18(27)12-26-20(29)16-11-25-17-4-2-1-3-15(17)19(16)28/h1-8,11,21H,9-10,12H2,(H,24,27)(H,25,28)(H,26,29). The van der Waals surface area contributed by atoms with Crippen LogP contribution in [0.25, 0.3) is 10.9 Å². The second-order valence-electron chi connectivity index (χ2n) is 6.38. The van der Waals surface area contributed by atoms with Gasteiger partial charge in [-0.2, -0.15) is 8.78 Å². The number of nitrogens with one attached hydrogen (secondary N) is 3. The highest BCUT2D eigenvalue weighted by Gasteiger charge is 2.13. The number of aromatic nitrogens is 1. The maximum absolute atomic E-state index is 12.4. The summed E-state index contributed by atoms with van der Waals surface area (Å²) in [5.41, 5.74) is 0.948. The number of fused-ring (bicyclic) bond motifs is 1. The number of rotatable bonds is 8. The van der Waals surface area contributed by atoms with Gasteiger partial charge in [-0.05, 0) is 36.2 Å². The molecule has 0 atom stereocenters. The zero-order valence-electron chi connectivity index (χ0n) is 15.8. The molecule has 3 aromatic rings. The van der Waals surface area contributed by atoms with Crippen LogP contribution in [-0.4, -0.2) is 36.5 Å². The van der Waals surface area contributed by atoms with E-state index >= 15 is 0 Å². The Morgan fingerprint density at radius 3 is 2.50 bits per heavy atom. The van der Waals surface area contributed by atoms with Gasteiger partial charge in [-0.1, -0.05) is 24.3 Å². The molecule has 2 amide bonds. The van der Waals surface area contributed by atoms with Crippen molar-refractivity contribution in [1.29, 1.82) is 0 Å². The van der Waals surface area contributed by atoms with E-state index in [1.807, 2.05) is 0 Å². The van der Waals surface area contributed by atoms with Crippen molar-refractivity contribution >= 4 is 22.7 Å². The molecule has 0 aliphatic rings. The molecule has 0 saturated carbocycles. The Morgan fingerprint density at radius 1 is 1.03 bits per heavy atom. The fraction of sp³-hybridized carbons (Fsp3) is 0.190. The minimum atomic E-state index is -2.88. The third-order valence-electron chi connectivity index (χ3n) is 4.33. The molecule has 3 rings (SSSR count). The lowest BCUT2D eigenvalue weighted by molar-refractivity contribution is -0.120. The zero-order chi connectivity index (χ0) is 21.5. The van der Waals surface area contributed by atoms with Crippen molar-refractivity contribution in [2.24, 2.45) is 0 Å². The molecule has 0 spiro atoms. The molecule has 0 aliphatic carbocycles. The molecule has 0 saturated heterocycles. The summed E-state index contributed by atoms with van der Waals surface area (Å²) in [5, 5.41) is 5.45. The first kappa shape index (κ1) is 21.0. The van der Waals surface area contributed by atoms with Crippen LogP contribution in [0, 0.1) is 0 Å². The average molecular weight is 415 g/mol. The van der Waals surface area contributed by atoms with Gasteiger partial charge in [0.25, 0.3) is 5.91 Å². The number of amides is 2. The van der Waals surface area contributed by atoms with E-state index in [9.17, 15) is 23.2 Å². The van der Waals surface area contributed by atoms with Crippen molar-refractivity contribution < 1.29 is 23.1 Å². The molecule has 7 nitrogen and oxygen atoms in total. The van der Waals surface area contributed by atoms with Gasteiger partial charge >= 0.3 is 6.61 Å². The number of alkyl halides is 2. The number of carbonyl (C=O) groups is 2. The summed E-state index contributed by atoms with van der Waals surface area (Å²) in [6, 6.07) is 12.9. The molecule has 1 aromatic heterocycles. The lowest BCUT2D eigenvalue weighted by Gasteiger charge is -2.08. The summed E-state index contributed by atoms with van der Waals surface area (Å²) in [5.74, 6) is -1.01. The van der Waals surface area contributed by atoms with Gasteiger partial charge in [-0.3, -0.25) is 14.4 Å². The van der Waals surface area contributed by atoms with Gasteiger partial charge in [-0.15, -0.1) is 0 Å². The molecule has 2 aromatic carbocycles. The van der Waals surface area contributed by atoms with E-state index < -0.39 is 23.9 Å². The van der Waals surface area contributed by atoms with Gasteiger partial charge in [0.15, 0.2) is 0 Å². The van der Waals surface area contributed by atoms with Crippen LogP contribution in [0.1, 0.15) is 15.9 Å². The van der Waals surface area contributed by atoms with Gasteiger partial charge in [0.2, 0.25) is 11.3 Å². The number of carbonyl (C=O) groups excluding carboxylic acids is 2. The molecule has 0 radical (unpaired) electrons. The first-order valence-corrected chi connectivity index (χ1v) is 9.13. The Morgan fingerprint density at radius 2 is 1.77 bits per heavy atom. The molecule has 156 valence electrons. The van der Waals surface area contributed by atoms with Crippen molar-refractivity contribution in [3.63, 3.8) is 0 Å². The number of aromatic amines is 1. The monoisotopic (exact) mass is 415 g/mol. The second kappa shape index (κ2) is 9.64. The van der Waals surface area contributed by atoms with E-state index in [1.54, 1.807) is 36.4 Å². The lowest BCUT2D eigenvalue weighted by Crippen LogP contribution is -2.39. The maximum Gasteiger partial charge on any atom is 0.387 e. The predicted molar refractivity (Wildman–Crippen MR) is 107 cm³/mol. The van der Waals surface area contributed by atoms with E-state index in [1.165, 1.54) is 18.3 Å². The van der Waals surface area contributed by atoms with Gasteiger partial charge in [-0.25, -0.2) is 0 Å². The normalized spacial score (nSPS) is 10.8. The van der Waals surface area contributed by atoms with Gasteiger partial charge in [0.1, 0.15) is 11.3 Å². The van der Waals surface area contributed by atoms with E-state index in [0.717, 1.165) is 5.56 Å². The first-order chi connectivity index (χ1) is 14.4. The van der Waals surface area contributed by atoms with Crippen LogP contribution in [-0.2, 0) is 11.2 Å². The zero-order valence-corrected chi connectivity index (χ0v) is 15.8. The fourth-order valence-corrected chi connectivity index (χ4v) is 2.84. The quantitative estimate of drug-likeness (QED) is 0.525. The number of hydrogen-bond donors (Lipinski definition) is 3. The molecule has 0 fully saturated rings. The van der Waals surface area contributed by atoms with Crippen LogP contribution in [0.4, 0.5) is 8.78 Å². The highest BCUT2D eigenvalue weighted by atomic mass is 19.3. The van der Waals surface area contributed by atoms with Crippen LogP contribution in [0.15, 0.2) is 59.5 Å². The van der Waals surface area contributed by atoms with Gasteiger partial charge < -0.3 is 20.4 Å². The van der Waals surface area contributed by atoms with Crippen LogP contribution in [0.2, 0.25) is 0 Å². The van der Waals surface area contributed by atoms with Crippen LogP contribution in [0.3, 0.4) is 0 Å². The minimum Gasteiger partial charge on any atom is -0.435 e. The number of para-hydroxylation sites is 1. The highest BCUT2D eigenvalue weighted by molar-refractivity contribution is 5.98. The Hall–Kier alpha value is -3.75. The summed E-state index contributed by atoms with van der Waals surface area (Å²) in [6.07, 6.45) is 1.79. The average Bonchev–Trinajstić information content (AvgIpc) is 2.73. The summed E-state index contributed by atoms with van der Waals surface area (Å²) in [4.78, 5) is 39.4. The Kier molecular flexibility index (Phi) is 6.74. The molecule has 9 heteroatoms. The smallest absolute Gasteiger partial charge is 0.387 e. The van der Waals surface area contributed by atoms with Gasteiger partial charge in [0.05, 0.1) is 6.54 Å². The van der Waals surface area contributed by atoms with Crippen LogP contribution in [0.5, 0.6) is 5.75 Å². The molecule has 3 N–H and O–H groups in total.